The summed E-state index contributed by atoms with van der Waals surface area (Å²) in [5, 5.41) is 5.16. The van der Waals surface area contributed by atoms with Gasteiger partial charge in [-0.1, -0.05) is 41.4 Å². The monoisotopic (exact) mass is 364 g/mol. The molecule has 0 spiro atoms. The van der Waals surface area contributed by atoms with Gasteiger partial charge >= 0.3 is 0 Å². The van der Waals surface area contributed by atoms with Gasteiger partial charge in [0.05, 0.1) is 6.21 Å². The molecule has 0 bridgehead atoms. The Balaban J connectivity index is 1.96. The van der Waals surface area contributed by atoms with E-state index in [1.54, 1.807) is 31.2 Å². The van der Waals surface area contributed by atoms with Crippen LogP contribution in [0, 0.1) is 13.8 Å². The van der Waals surface area contributed by atoms with Crippen LogP contribution in [0.3, 0.4) is 0 Å². The van der Waals surface area contributed by atoms with Crippen molar-refractivity contribution in [2.45, 2.75) is 26.9 Å². The van der Waals surface area contributed by atoms with Crippen molar-refractivity contribution < 1.29 is 9.53 Å². The highest BCUT2D eigenvalue weighted by Gasteiger charge is 2.15. The topological polar surface area (TPSA) is 50.7 Å². The molecule has 0 saturated heterocycles. The number of halogens is 2. The Morgan fingerprint density at radius 2 is 1.83 bits per heavy atom. The largest absolute Gasteiger partial charge is 0.481 e. The van der Waals surface area contributed by atoms with E-state index < -0.39 is 6.10 Å². The molecule has 0 fully saturated rings. The minimum Gasteiger partial charge on any atom is -0.481 e. The molecule has 0 aliphatic carbocycles. The summed E-state index contributed by atoms with van der Waals surface area (Å²) in [6.07, 6.45) is 0.789. The minimum atomic E-state index is -0.701. The third-order valence-electron chi connectivity index (χ3n) is 3.38. The number of amides is 1. The van der Waals surface area contributed by atoms with Gasteiger partial charge < -0.3 is 4.74 Å². The fourth-order valence-electron chi connectivity index (χ4n) is 2.07. The summed E-state index contributed by atoms with van der Waals surface area (Å²) in [5.74, 6) is 0.232. The lowest BCUT2D eigenvalue weighted by atomic mass is 10.1. The normalized spacial score (nSPS) is 12.2. The highest BCUT2D eigenvalue weighted by Crippen LogP contribution is 2.26. The SMILES string of the molecule is Cc1cc(OC(C)C(=O)NN=Cc2ccccc2Cl)cc(C)c1Cl. The highest BCUT2D eigenvalue weighted by atomic mass is 35.5. The molecule has 1 N–H and O–H groups in total. The third kappa shape index (κ3) is 4.73. The second kappa shape index (κ2) is 8.18. The van der Waals surface area contributed by atoms with Crippen LogP contribution in [0.15, 0.2) is 41.5 Å². The maximum atomic E-state index is 12.1. The van der Waals surface area contributed by atoms with Crippen molar-refractivity contribution in [2.24, 2.45) is 5.10 Å². The molecular weight excluding hydrogens is 347 g/mol. The van der Waals surface area contributed by atoms with E-state index in [0.29, 0.717) is 15.8 Å². The van der Waals surface area contributed by atoms with Crippen LogP contribution in [0.5, 0.6) is 5.75 Å². The first-order chi connectivity index (χ1) is 11.4. The van der Waals surface area contributed by atoms with Crippen LogP contribution in [0.4, 0.5) is 0 Å². The Hall–Kier alpha value is -2.04. The molecule has 1 amide bonds. The number of hydrogen-bond acceptors (Lipinski definition) is 3. The molecule has 0 heterocycles. The van der Waals surface area contributed by atoms with E-state index in [9.17, 15) is 4.79 Å². The fourth-order valence-corrected chi connectivity index (χ4v) is 2.36. The maximum absolute atomic E-state index is 12.1. The molecule has 24 heavy (non-hydrogen) atoms. The van der Waals surface area contributed by atoms with E-state index in [1.165, 1.54) is 6.21 Å². The van der Waals surface area contributed by atoms with Crippen molar-refractivity contribution in [1.29, 1.82) is 0 Å². The van der Waals surface area contributed by atoms with Gasteiger partial charge in [-0.05, 0) is 50.1 Å². The van der Waals surface area contributed by atoms with Crippen molar-refractivity contribution >= 4 is 35.3 Å². The quantitative estimate of drug-likeness (QED) is 0.625. The van der Waals surface area contributed by atoms with Gasteiger partial charge in [-0.25, -0.2) is 5.43 Å². The number of hydrogen-bond donors (Lipinski definition) is 1. The lowest BCUT2D eigenvalue weighted by Crippen LogP contribution is -2.33. The number of hydrazone groups is 1. The third-order valence-corrected chi connectivity index (χ3v) is 4.32. The number of ether oxygens (including phenoxy) is 1. The summed E-state index contributed by atoms with van der Waals surface area (Å²) in [7, 11) is 0. The van der Waals surface area contributed by atoms with Gasteiger partial charge in [-0.2, -0.15) is 5.10 Å². The van der Waals surface area contributed by atoms with E-state index in [2.05, 4.69) is 10.5 Å². The first-order valence-electron chi connectivity index (χ1n) is 7.39. The number of carbonyl (C=O) groups is 1. The van der Waals surface area contributed by atoms with Crippen molar-refractivity contribution in [2.75, 3.05) is 0 Å². The maximum Gasteiger partial charge on any atom is 0.280 e. The molecule has 0 aliphatic rings. The highest BCUT2D eigenvalue weighted by molar-refractivity contribution is 6.33. The van der Waals surface area contributed by atoms with Crippen LogP contribution in [0.1, 0.15) is 23.6 Å². The lowest BCUT2D eigenvalue weighted by molar-refractivity contribution is -0.127. The van der Waals surface area contributed by atoms with Gasteiger partial charge in [0.15, 0.2) is 6.10 Å². The number of nitrogens with zero attached hydrogens (tertiary/aromatic N) is 1. The zero-order chi connectivity index (χ0) is 17.7. The molecule has 2 rings (SSSR count). The zero-order valence-electron chi connectivity index (χ0n) is 13.6. The van der Waals surface area contributed by atoms with Crippen LogP contribution in [0.25, 0.3) is 0 Å². The number of benzene rings is 2. The summed E-state index contributed by atoms with van der Waals surface area (Å²) in [6, 6.07) is 10.8. The standard InChI is InChI=1S/C18H18Cl2N2O2/c1-11-8-15(9-12(2)17(11)20)24-13(3)18(23)22-21-10-14-6-4-5-7-16(14)19/h4-10,13H,1-3H3,(H,22,23). The van der Waals surface area contributed by atoms with E-state index in [-0.39, 0.29) is 5.91 Å². The van der Waals surface area contributed by atoms with Crippen molar-refractivity contribution in [1.82, 2.24) is 5.43 Å². The van der Waals surface area contributed by atoms with Crippen molar-refractivity contribution in [3.63, 3.8) is 0 Å². The van der Waals surface area contributed by atoms with Gasteiger partial charge in [0, 0.05) is 15.6 Å². The summed E-state index contributed by atoms with van der Waals surface area (Å²) >= 11 is 12.1. The summed E-state index contributed by atoms with van der Waals surface area (Å²) in [6.45, 7) is 5.43. The lowest BCUT2D eigenvalue weighted by Gasteiger charge is -2.15. The van der Waals surface area contributed by atoms with E-state index in [1.807, 2.05) is 26.0 Å². The summed E-state index contributed by atoms with van der Waals surface area (Å²) in [4.78, 5) is 12.1. The Kier molecular flexibility index (Phi) is 6.23. The molecule has 4 nitrogen and oxygen atoms in total. The first kappa shape index (κ1) is 18.3. The van der Waals surface area contributed by atoms with E-state index in [0.717, 1.165) is 16.7 Å². The fraction of sp³-hybridized carbons (Fsp3) is 0.222. The molecule has 0 aromatic heterocycles. The molecule has 0 radical (unpaired) electrons. The molecule has 2 aromatic rings. The van der Waals surface area contributed by atoms with Crippen molar-refractivity contribution in [3.05, 3.63) is 63.1 Å². The second-order valence-electron chi connectivity index (χ2n) is 5.39. The predicted molar refractivity (Wildman–Crippen MR) is 98.2 cm³/mol. The predicted octanol–water partition coefficient (Wildman–Crippen LogP) is 4.53. The second-order valence-corrected chi connectivity index (χ2v) is 6.17. The van der Waals surface area contributed by atoms with Crippen LogP contribution in [0.2, 0.25) is 10.0 Å². The number of carbonyl (C=O) groups excluding carboxylic acids is 1. The van der Waals surface area contributed by atoms with Gasteiger partial charge in [0.1, 0.15) is 5.75 Å². The molecule has 2 aromatic carbocycles. The zero-order valence-corrected chi connectivity index (χ0v) is 15.2. The van der Waals surface area contributed by atoms with Crippen LogP contribution < -0.4 is 10.2 Å². The Labute approximate surface area is 151 Å². The first-order valence-corrected chi connectivity index (χ1v) is 8.15. The van der Waals surface area contributed by atoms with Gasteiger partial charge in [0.25, 0.3) is 5.91 Å². The summed E-state index contributed by atoms with van der Waals surface area (Å²) < 4.78 is 5.65. The average molecular weight is 365 g/mol. The number of nitrogens with one attached hydrogen (secondary N) is 1. The molecule has 126 valence electrons. The van der Waals surface area contributed by atoms with Gasteiger partial charge in [-0.3, -0.25) is 4.79 Å². The molecular formula is C18H18Cl2N2O2. The Morgan fingerprint density at radius 1 is 1.21 bits per heavy atom. The van der Waals surface area contributed by atoms with Gasteiger partial charge in [0.2, 0.25) is 0 Å². The van der Waals surface area contributed by atoms with Crippen LogP contribution in [-0.4, -0.2) is 18.2 Å². The number of aryl methyl sites for hydroxylation is 2. The molecule has 1 atom stereocenters. The summed E-state index contributed by atoms with van der Waals surface area (Å²) in [5.41, 5.74) is 4.96. The van der Waals surface area contributed by atoms with Gasteiger partial charge in [-0.15, -0.1) is 0 Å². The number of rotatable bonds is 5. The molecule has 1 unspecified atom stereocenters. The molecule has 6 heteroatoms. The molecule has 0 saturated carbocycles. The van der Waals surface area contributed by atoms with E-state index in [4.69, 9.17) is 27.9 Å². The Bertz CT molecular complexity index is 752. The molecule has 0 aliphatic heterocycles. The average Bonchev–Trinajstić information content (AvgIpc) is 2.54. The smallest absolute Gasteiger partial charge is 0.280 e. The Morgan fingerprint density at radius 3 is 2.46 bits per heavy atom. The minimum absolute atomic E-state index is 0.358. The van der Waals surface area contributed by atoms with Crippen LogP contribution in [-0.2, 0) is 4.79 Å². The van der Waals surface area contributed by atoms with Crippen LogP contribution >= 0.6 is 23.2 Å². The van der Waals surface area contributed by atoms with E-state index >= 15 is 0 Å². The van der Waals surface area contributed by atoms with Crippen molar-refractivity contribution in [3.8, 4) is 5.75 Å².